The van der Waals surface area contributed by atoms with Gasteiger partial charge in [-0.2, -0.15) is 10.5 Å². The van der Waals surface area contributed by atoms with Crippen molar-refractivity contribution in [1.29, 1.82) is 10.5 Å². The average molecular weight is 530 g/mol. The molecule has 0 aliphatic carbocycles. The minimum atomic E-state index is 0.0537. The molecule has 0 saturated carbocycles. The highest BCUT2D eigenvalue weighted by Crippen LogP contribution is 2.33. The molecule has 0 bridgehead atoms. The number of nitriles is 2. The Balaban J connectivity index is 1.46. The van der Waals surface area contributed by atoms with E-state index in [1.54, 1.807) is 0 Å². The Labute approximate surface area is 236 Å². The van der Waals surface area contributed by atoms with Gasteiger partial charge in [0.25, 0.3) is 0 Å². The van der Waals surface area contributed by atoms with Crippen LogP contribution in [-0.4, -0.2) is 20.8 Å². The van der Waals surface area contributed by atoms with Crippen molar-refractivity contribution in [3.8, 4) is 34.8 Å². The fraction of sp³-hybridized carbons (Fsp3) is 0.0286. The van der Waals surface area contributed by atoms with Crippen LogP contribution in [-0.2, 0) is 6.54 Å². The third kappa shape index (κ3) is 4.61. The molecule has 6 aromatic rings. The van der Waals surface area contributed by atoms with Crippen molar-refractivity contribution in [3.63, 3.8) is 0 Å². The molecule has 194 valence electrons. The van der Waals surface area contributed by atoms with Gasteiger partial charge in [0.15, 0.2) is 5.82 Å². The number of H-pyrrole nitrogens is 1. The first-order valence-corrected chi connectivity index (χ1v) is 13.0. The second-order valence-electron chi connectivity index (χ2n) is 9.60. The summed E-state index contributed by atoms with van der Waals surface area (Å²) in [5, 5.41) is 20.4. The minimum Gasteiger partial charge on any atom is -0.337 e. The molecule has 0 unspecified atom stereocenters. The Hall–Kier alpha value is -5.98. The van der Waals surface area contributed by atoms with Crippen LogP contribution in [0.1, 0.15) is 21.5 Å². The fourth-order valence-electron chi connectivity index (χ4n) is 5.21. The first-order valence-electron chi connectivity index (χ1n) is 13.0. The molecule has 4 aromatic carbocycles. The number of carbonyl (C=O) groups is 1. The van der Waals surface area contributed by atoms with E-state index in [9.17, 15) is 15.3 Å². The molecule has 6 heteroatoms. The van der Waals surface area contributed by atoms with Gasteiger partial charge in [-0.1, -0.05) is 72.8 Å². The summed E-state index contributed by atoms with van der Waals surface area (Å²) in [5.41, 5.74) is 8.47. The number of aromatic amines is 1. The number of hydrogen-bond donors (Lipinski definition) is 1. The highest BCUT2D eigenvalue weighted by molar-refractivity contribution is 5.93. The highest BCUT2D eigenvalue weighted by atomic mass is 16.1. The van der Waals surface area contributed by atoms with Gasteiger partial charge in [0, 0.05) is 28.6 Å². The molecule has 0 saturated heterocycles. The quantitative estimate of drug-likeness (QED) is 0.130. The third-order valence-corrected chi connectivity index (χ3v) is 7.14. The van der Waals surface area contributed by atoms with E-state index in [2.05, 4.69) is 52.5 Å². The number of hydrogen-bond acceptors (Lipinski definition) is 4. The number of nitrogens with one attached hydrogen (secondary N) is 1. The number of fused-ring (bicyclic) bond motifs is 2. The molecule has 0 amide bonds. The predicted molar refractivity (Wildman–Crippen MR) is 162 cm³/mol. The molecular weight excluding hydrogens is 506 g/mol. The summed E-state index contributed by atoms with van der Waals surface area (Å²) in [6.07, 6.45) is 2.70. The average Bonchev–Trinajstić information content (AvgIpc) is 3.61. The number of aromatic nitrogens is 3. The zero-order valence-electron chi connectivity index (χ0n) is 22.0. The van der Waals surface area contributed by atoms with Gasteiger partial charge in [0.2, 0.25) is 0 Å². The van der Waals surface area contributed by atoms with Gasteiger partial charge in [-0.05, 0) is 52.6 Å². The Morgan fingerprint density at radius 1 is 0.878 bits per heavy atom. The second-order valence-corrected chi connectivity index (χ2v) is 9.60. The van der Waals surface area contributed by atoms with Crippen molar-refractivity contribution in [2.24, 2.45) is 0 Å². The van der Waals surface area contributed by atoms with Gasteiger partial charge in [-0.3, -0.25) is 4.79 Å². The van der Waals surface area contributed by atoms with E-state index in [1.165, 1.54) is 0 Å². The topological polar surface area (TPSA) is 98.3 Å². The number of imidazole rings is 1. The van der Waals surface area contributed by atoms with Crippen LogP contribution < -0.4 is 0 Å². The lowest BCUT2D eigenvalue weighted by Gasteiger charge is -2.08. The summed E-state index contributed by atoms with van der Waals surface area (Å²) in [5.74, 6) is 0.707. The summed E-state index contributed by atoms with van der Waals surface area (Å²) in [4.78, 5) is 19.4. The van der Waals surface area contributed by atoms with Crippen molar-refractivity contribution in [3.05, 3.63) is 132 Å². The molecule has 0 fully saturated rings. The number of benzene rings is 4. The molecule has 1 N–H and O–H groups in total. The normalized spacial score (nSPS) is 10.7. The molecule has 0 spiro atoms. The van der Waals surface area contributed by atoms with E-state index >= 15 is 0 Å². The number of nitrogens with zero attached hydrogens (tertiary/aromatic N) is 4. The summed E-state index contributed by atoms with van der Waals surface area (Å²) in [6.45, 7) is 4.56. The molecule has 6 nitrogen and oxygen atoms in total. The third-order valence-electron chi connectivity index (χ3n) is 7.14. The zero-order valence-corrected chi connectivity index (χ0v) is 22.0. The first kappa shape index (κ1) is 25.3. The highest BCUT2D eigenvalue weighted by Gasteiger charge is 2.17. The van der Waals surface area contributed by atoms with Crippen LogP contribution in [0, 0.1) is 22.7 Å². The van der Waals surface area contributed by atoms with Crippen LogP contribution in [0.4, 0.5) is 0 Å². The second kappa shape index (κ2) is 10.6. The molecule has 0 radical (unpaired) electrons. The van der Waals surface area contributed by atoms with Crippen molar-refractivity contribution in [2.45, 2.75) is 6.54 Å². The molecule has 0 aliphatic rings. The summed E-state index contributed by atoms with van der Waals surface area (Å²) < 4.78 is 2.17. The fourth-order valence-corrected chi connectivity index (χ4v) is 5.21. The van der Waals surface area contributed by atoms with Gasteiger partial charge in [0.05, 0.1) is 16.7 Å². The van der Waals surface area contributed by atoms with Gasteiger partial charge < -0.3 is 9.55 Å². The van der Waals surface area contributed by atoms with Crippen LogP contribution in [0.15, 0.2) is 115 Å². The van der Waals surface area contributed by atoms with E-state index in [0.717, 1.165) is 56.2 Å². The lowest BCUT2D eigenvalue weighted by atomic mass is 9.93. The van der Waals surface area contributed by atoms with Gasteiger partial charge in [-0.25, -0.2) is 4.98 Å². The standard InChI is InChI=1S/C35H23N5O/c1-2-16-40-32-15-13-26(24-10-8-23(22-41)9-11-24)17-28(32)19-33(40)35-38-30-14-12-27(18-31(30)39-35)34(29(20-36)21-37)25-6-4-3-5-7-25/h2-15,17-19,22H,1,16H2,(H,38,39). The molecule has 0 aliphatic heterocycles. The van der Waals surface area contributed by atoms with Crippen LogP contribution in [0.2, 0.25) is 0 Å². The predicted octanol–water partition coefficient (Wildman–Crippen LogP) is 7.70. The van der Waals surface area contributed by atoms with Crippen molar-refractivity contribution < 1.29 is 4.79 Å². The Kier molecular flexibility index (Phi) is 6.57. The number of carbonyl (C=O) groups excluding carboxylic acids is 1. The summed E-state index contributed by atoms with van der Waals surface area (Å²) in [7, 11) is 0. The van der Waals surface area contributed by atoms with Crippen molar-refractivity contribution in [1.82, 2.24) is 14.5 Å². The Morgan fingerprint density at radius 2 is 1.63 bits per heavy atom. The SMILES string of the molecule is C=CCn1c(-c2nc3ccc(C(=C(C#N)C#N)c4ccccc4)cc3[nH]2)cc2cc(-c3ccc(C=O)cc3)ccc21. The lowest BCUT2D eigenvalue weighted by Crippen LogP contribution is -1.98. The first-order chi connectivity index (χ1) is 20.1. The van der Waals surface area contributed by atoms with Gasteiger partial charge in [0.1, 0.15) is 24.0 Å². The number of aldehydes is 1. The van der Waals surface area contributed by atoms with Crippen LogP contribution in [0.3, 0.4) is 0 Å². The molecule has 0 atom stereocenters. The molecule has 2 heterocycles. The minimum absolute atomic E-state index is 0.0537. The monoisotopic (exact) mass is 529 g/mol. The molecular formula is C35H23N5O. The number of rotatable bonds is 7. The summed E-state index contributed by atoms with van der Waals surface area (Å²) in [6, 6.07) is 35.2. The largest absolute Gasteiger partial charge is 0.337 e. The van der Waals surface area contributed by atoms with Crippen molar-refractivity contribution >= 4 is 33.8 Å². The Bertz CT molecular complexity index is 2050. The maximum absolute atomic E-state index is 11.1. The molecule has 6 rings (SSSR count). The Morgan fingerprint density at radius 3 is 2.34 bits per heavy atom. The summed E-state index contributed by atoms with van der Waals surface area (Å²) >= 11 is 0. The van der Waals surface area contributed by atoms with Gasteiger partial charge in [-0.15, -0.1) is 6.58 Å². The smallest absolute Gasteiger partial charge is 0.155 e. The molecule has 41 heavy (non-hydrogen) atoms. The lowest BCUT2D eigenvalue weighted by molar-refractivity contribution is 0.112. The van der Waals surface area contributed by atoms with E-state index in [0.29, 0.717) is 23.5 Å². The van der Waals surface area contributed by atoms with E-state index in [4.69, 9.17) is 4.98 Å². The number of allylic oxidation sites excluding steroid dienone is 2. The molecule has 2 aromatic heterocycles. The van der Waals surface area contributed by atoms with Crippen LogP contribution in [0.25, 0.3) is 50.2 Å². The van der Waals surface area contributed by atoms with Crippen molar-refractivity contribution in [2.75, 3.05) is 0 Å². The van der Waals surface area contributed by atoms with E-state index in [1.807, 2.05) is 78.9 Å². The zero-order chi connectivity index (χ0) is 28.3. The van der Waals surface area contributed by atoms with E-state index in [-0.39, 0.29) is 5.57 Å². The van der Waals surface area contributed by atoms with Gasteiger partial charge >= 0.3 is 0 Å². The maximum atomic E-state index is 11.1. The van der Waals surface area contributed by atoms with E-state index < -0.39 is 0 Å². The maximum Gasteiger partial charge on any atom is 0.155 e. The van der Waals surface area contributed by atoms with Crippen LogP contribution in [0.5, 0.6) is 0 Å². The van der Waals surface area contributed by atoms with Crippen LogP contribution >= 0.6 is 0 Å².